The van der Waals surface area contributed by atoms with Gasteiger partial charge in [0.1, 0.15) is 0 Å². The Balaban J connectivity index is 0.000000765. The highest BCUT2D eigenvalue weighted by Gasteiger charge is 2.06. The lowest BCUT2D eigenvalue weighted by Crippen LogP contribution is -2.00. The highest BCUT2D eigenvalue weighted by molar-refractivity contribution is 7.98. The second kappa shape index (κ2) is 11.7. The maximum atomic E-state index is 11.3. The zero-order valence-electron chi connectivity index (χ0n) is 15.7. The predicted octanol–water partition coefficient (Wildman–Crippen LogP) is 5.09. The lowest BCUT2D eigenvalue weighted by Gasteiger charge is -2.07. The van der Waals surface area contributed by atoms with Gasteiger partial charge in [-0.25, -0.2) is 8.42 Å². The van der Waals surface area contributed by atoms with Crippen LogP contribution in [0.4, 0.5) is 0 Å². The van der Waals surface area contributed by atoms with E-state index in [0.29, 0.717) is 0 Å². The third-order valence-electron chi connectivity index (χ3n) is 3.54. The zero-order chi connectivity index (χ0) is 19.6. The molecule has 0 aliphatic carbocycles. The van der Waals surface area contributed by atoms with Crippen molar-refractivity contribution in [1.29, 1.82) is 0 Å². The molecule has 0 fully saturated rings. The van der Waals surface area contributed by atoms with E-state index in [1.165, 1.54) is 11.8 Å². The van der Waals surface area contributed by atoms with Gasteiger partial charge < -0.3 is 5.73 Å². The van der Waals surface area contributed by atoms with Gasteiger partial charge in [0.15, 0.2) is 9.84 Å². The third kappa shape index (κ3) is 9.08. The lowest BCUT2D eigenvalue weighted by atomic mass is 10.2. The summed E-state index contributed by atoms with van der Waals surface area (Å²) in [5.74, 6) is 0.900. The summed E-state index contributed by atoms with van der Waals surface area (Å²) >= 11 is 7.93. The van der Waals surface area contributed by atoms with Gasteiger partial charge in [-0.3, -0.25) is 0 Å². The van der Waals surface area contributed by atoms with Gasteiger partial charge in [0.25, 0.3) is 0 Å². The molecule has 0 aliphatic heterocycles. The monoisotopic (exact) mass is 413 g/mol. The van der Waals surface area contributed by atoms with Gasteiger partial charge in [0, 0.05) is 16.9 Å². The fourth-order valence-electron chi connectivity index (χ4n) is 2.07. The van der Waals surface area contributed by atoms with Crippen molar-refractivity contribution in [3.63, 3.8) is 0 Å². The molecule has 0 bridgehead atoms. The van der Waals surface area contributed by atoms with E-state index >= 15 is 0 Å². The molecule has 2 rings (SSSR count). The van der Waals surface area contributed by atoms with Crippen molar-refractivity contribution in [3.8, 4) is 0 Å². The summed E-state index contributed by atoms with van der Waals surface area (Å²) in [6.45, 7) is 5.00. The first kappa shape index (κ1) is 23.0. The topological polar surface area (TPSA) is 60.2 Å². The molecule has 3 nitrogen and oxygen atoms in total. The first-order valence-corrected chi connectivity index (χ1v) is 12.1. The van der Waals surface area contributed by atoms with E-state index in [4.69, 9.17) is 17.3 Å². The minimum Gasteiger partial charge on any atom is -0.330 e. The molecule has 0 radical (unpaired) electrons. The Labute approximate surface area is 167 Å². The van der Waals surface area contributed by atoms with Crippen LogP contribution in [0.2, 0.25) is 5.02 Å². The molecular weight excluding hydrogens is 386 g/mol. The fraction of sp³-hybridized carbons (Fsp3) is 0.400. The second-order valence-electron chi connectivity index (χ2n) is 6.08. The lowest BCUT2D eigenvalue weighted by molar-refractivity contribution is 0.601. The van der Waals surface area contributed by atoms with Crippen molar-refractivity contribution in [3.05, 3.63) is 64.2 Å². The highest BCUT2D eigenvalue weighted by Crippen LogP contribution is 2.31. The number of sulfone groups is 1. The van der Waals surface area contributed by atoms with Gasteiger partial charge in [0.2, 0.25) is 0 Å². The van der Waals surface area contributed by atoms with Gasteiger partial charge >= 0.3 is 0 Å². The Hall–Kier alpha value is -1.01. The Morgan fingerprint density at radius 1 is 1.00 bits per heavy atom. The highest BCUT2D eigenvalue weighted by atomic mass is 35.5. The van der Waals surface area contributed by atoms with Crippen molar-refractivity contribution >= 4 is 33.2 Å². The summed E-state index contributed by atoms with van der Waals surface area (Å²) in [6.07, 6.45) is 3.34. The molecule has 0 aromatic heterocycles. The standard InChI is InChI=1S/C17H19ClO2S2.C3H9N/c1-3-13-8-9-16(18)17(10-13)21-11-14-4-6-15(7-5-14)12-22(2,19)20;1-2-3-4/h4-10H,3,11-12H2,1-2H3;2-4H2,1H3. The average molecular weight is 414 g/mol. The Morgan fingerprint density at radius 2 is 1.54 bits per heavy atom. The van der Waals surface area contributed by atoms with Crippen LogP contribution in [-0.2, 0) is 27.8 Å². The molecule has 0 unspecified atom stereocenters. The third-order valence-corrected chi connectivity index (χ3v) is 5.96. The number of hydrogen-bond donors (Lipinski definition) is 1. The molecule has 0 saturated carbocycles. The summed E-state index contributed by atoms with van der Waals surface area (Å²) in [7, 11) is -2.98. The van der Waals surface area contributed by atoms with Crippen LogP contribution in [0.1, 0.15) is 37.0 Å². The largest absolute Gasteiger partial charge is 0.330 e. The number of hydrogen-bond acceptors (Lipinski definition) is 4. The molecule has 0 amide bonds. The Morgan fingerprint density at radius 3 is 2.04 bits per heavy atom. The van der Waals surface area contributed by atoms with Crippen molar-refractivity contribution in [2.24, 2.45) is 5.73 Å². The van der Waals surface area contributed by atoms with Crippen molar-refractivity contribution in [1.82, 2.24) is 0 Å². The number of nitrogens with two attached hydrogens (primary N) is 1. The van der Waals surface area contributed by atoms with Crippen LogP contribution in [0.3, 0.4) is 0 Å². The van der Waals surface area contributed by atoms with Crippen LogP contribution in [0, 0.1) is 0 Å². The van der Waals surface area contributed by atoms with E-state index in [2.05, 4.69) is 19.9 Å². The van der Waals surface area contributed by atoms with Crippen LogP contribution in [0.15, 0.2) is 47.4 Å². The van der Waals surface area contributed by atoms with Gasteiger partial charge in [-0.15, -0.1) is 11.8 Å². The first-order chi connectivity index (χ1) is 12.3. The van der Waals surface area contributed by atoms with E-state index < -0.39 is 9.84 Å². The van der Waals surface area contributed by atoms with E-state index in [-0.39, 0.29) is 5.75 Å². The molecule has 2 N–H and O–H groups in total. The number of thioether (sulfide) groups is 1. The Kier molecular flexibility index (Phi) is 10.3. The average Bonchev–Trinajstić information content (AvgIpc) is 2.61. The minimum atomic E-state index is -2.98. The molecule has 26 heavy (non-hydrogen) atoms. The summed E-state index contributed by atoms with van der Waals surface area (Å²) in [6, 6.07) is 13.8. The molecule has 6 heteroatoms. The fourth-order valence-corrected chi connectivity index (χ4v) is 4.11. The maximum absolute atomic E-state index is 11.3. The molecule has 0 saturated heterocycles. The maximum Gasteiger partial charge on any atom is 0.151 e. The van der Waals surface area contributed by atoms with Crippen LogP contribution >= 0.6 is 23.4 Å². The first-order valence-electron chi connectivity index (χ1n) is 8.65. The van der Waals surface area contributed by atoms with Gasteiger partial charge in [-0.1, -0.05) is 55.8 Å². The SMILES string of the molecule is CCCN.CCc1ccc(Cl)c(SCc2ccc(CS(C)(=O)=O)cc2)c1. The van der Waals surface area contributed by atoms with Gasteiger partial charge in [-0.2, -0.15) is 0 Å². The van der Waals surface area contributed by atoms with Crippen molar-refractivity contribution in [2.75, 3.05) is 12.8 Å². The quantitative estimate of drug-likeness (QED) is 0.642. The Bertz CT molecular complexity index is 773. The van der Waals surface area contributed by atoms with Crippen LogP contribution in [0.5, 0.6) is 0 Å². The molecule has 0 atom stereocenters. The molecule has 0 spiro atoms. The normalized spacial score (nSPS) is 11.0. The molecule has 2 aromatic rings. The van der Waals surface area contributed by atoms with Crippen LogP contribution < -0.4 is 5.73 Å². The van der Waals surface area contributed by atoms with Crippen LogP contribution in [-0.4, -0.2) is 21.2 Å². The zero-order valence-corrected chi connectivity index (χ0v) is 18.1. The smallest absolute Gasteiger partial charge is 0.151 e. The number of aryl methyl sites for hydroxylation is 1. The molecule has 0 heterocycles. The van der Waals surface area contributed by atoms with Crippen molar-refractivity contribution < 1.29 is 8.42 Å². The summed E-state index contributed by atoms with van der Waals surface area (Å²) < 4.78 is 22.6. The second-order valence-corrected chi connectivity index (χ2v) is 9.65. The predicted molar refractivity (Wildman–Crippen MR) is 115 cm³/mol. The van der Waals surface area contributed by atoms with Crippen molar-refractivity contribution in [2.45, 2.75) is 43.1 Å². The molecule has 0 aliphatic rings. The van der Waals surface area contributed by atoms with E-state index in [0.717, 1.165) is 46.2 Å². The molecular formula is C20H28ClNO2S2. The van der Waals surface area contributed by atoms with E-state index in [1.807, 2.05) is 36.4 Å². The number of benzene rings is 2. The summed E-state index contributed by atoms with van der Waals surface area (Å²) in [5.41, 5.74) is 8.28. The number of rotatable bonds is 7. The molecule has 144 valence electrons. The van der Waals surface area contributed by atoms with E-state index in [9.17, 15) is 8.42 Å². The van der Waals surface area contributed by atoms with E-state index in [1.54, 1.807) is 11.8 Å². The summed E-state index contributed by atoms with van der Waals surface area (Å²) in [4.78, 5) is 1.08. The van der Waals surface area contributed by atoms with Gasteiger partial charge in [-0.05, 0) is 48.2 Å². The molecule has 2 aromatic carbocycles. The minimum absolute atomic E-state index is 0.0881. The van der Waals surface area contributed by atoms with Gasteiger partial charge in [0.05, 0.1) is 10.8 Å². The van der Waals surface area contributed by atoms with Crippen LogP contribution in [0.25, 0.3) is 0 Å². The summed E-state index contributed by atoms with van der Waals surface area (Å²) in [5, 5.41) is 0.774. The number of halogens is 1.